The molecular formula is C14H18N4. The highest BCUT2D eigenvalue weighted by molar-refractivity contribution is 5.32. The molecule has 2 aromatic rings. The SMILES string of the molecule is CCNCc1cncc(-n2ccc(C3CC3)n2)c1. The zero-order valence-corrected chi connectivity index (χ0v) is 10.6. The lowest BCUT2D eigenvalue weighted by molar-refractivity contribution is 0.722. The van der Waals surface area contributed by atoms with Crippen molar-refractivity contribution in [3.8, 4) is 5.69 Å². The molecule has 1 fully saturated rings. The molecule has 2 aromatic heterocycles. The fraction of sp³-hybridized carbons (Fsp3) is 0.429. The molecule has 0 unspecified atom stereocenters. The van der Waals surface area contributed by atoms with Crippen LogP contribution >= 0.6 is 0 Å². The number of hydrogen-bond donors (Lipinski definition) is 1. The molecule has 0 radical (unpaired) electrons. The predicted octanol–water partition coefficient (Wildman–Crippen LogP) is 2.25. The largest absolute Gasteiger partial charge is 0.313 e. The van der Waals surface area contributed by atoms with Crippen LogP contribution < -0.4 is 5.32 Å². The van der Waals surface area contributed by atoms with Gasteiger partial charge in [-0.1, -0.05) is 6.92 Å². The molecule has 94 valence electrons. The summed E-state index contributed by atoms with van der Waals surface area (Å²) in [4.78, 5) is 4.28. The monoisotopic (exact) mass is 242 g/mol. The van der Waals surface area contributed by atoms with Gasteiger partial charge in [-0.05, 0) is 37.1 Å². The van der Waals surface area contributed by atoms with Crippen LogP contribution in [0, 0.1) is 0 Å². The van der Waals surface area contributed by atoms with Crippen molar-refractivity contribution < 1.29 is 0 Å². The van der Waals surface area contributed by atoms with Gasteiger partial charge < -0.3 is 5.32 Å². The van der Waals surface area contributed by atoms with E-state index in [0.717, 1.165) is 18.8 Å². The Morgan fingerprint density at radius 2 is 2.28 bits per heavy atom. The summed E-state index contributed by atoms with van der Waals surface area (Å²) in [6.45, 7) is 3.93. The van der Waals surface area contributed by atoms with Gasteiger partial charge in [0.25, 0.3) is 0 Å². The summed E-state index contributed by atoms with van der Waals surface area (Å²) in [6.07, 6.45) is 8.36. The molecule has 1 aliphatic carbocycles. The standard InChI is InChI=1S/C14H18N4/c1-2-15-8-11-7-13(10-16-9-11)18-6-5-14(17-18)12-3-4-12/h5-7,9-10,12,15H,2-4,8H2,1H3. The molecule has 0 spiro atoms. The first-order valence-corrected chi connectivity index (χ1v) is 6.57. The summed E-state index contributed by atoms with van der Waals surface area (Å²) < 4.78 is 1.93. The fourth-order valence-corrected chi connectivity index (χ4v) is 2.04. The van der Waals surface area contributed by atoms with Crippen LogP contribution in [-0.2, 0) is 6.54 Å². The van der Waals surface area contributed by atoms with E-state index in [4.69, 9.17) is 0 Å². The maximum absolute atomic E-state index is 4.62. The average Bonchev–Trinajstić information content (AvgIpc) is 3.14. The van der Waals surface area contributed by atoms with Crippen LogP contribution in [0.5, 0.6) is 0 Å². The summed E-state index contributed by atoms with van der Waals surface area (Å²) in [5, 5.41) is 7.93. The number of nitrogens with one attached hydrogen (secondary N) is 1. The minimum Gasteiger partial charge on any atom is -0.313 e. The normalized spacial score (nSPS) is 14.9. The van der Waals surface area contributed by atoms with E-state index in [-0.39, 0.29) is 0 Å². The van der Waals surface area contributed by atoms with E-state index >= 15 is 0 Å². The van der Waals surface area contributed by atoms with Crippen LogP contribution in [0.25, 0.3) is 5.69 Å². The molecule has 0 aromatic carbocycles. The van der Waals surface area contributed by atoms with Crippen molar-refractivity contribution >= 4 is 0 Å². The quantitative estimate of drug-likeness (QED) is 0.874. The molecule has 0 atom stereocenters. The molecule has 1 saturated carbocycles. The van der Waals surface area contributed by atoms with Crippen LogP contribution in [0.2, 0.25) is 0 Å². The first kappa shape index (κ1) is 11.4. The number of nitrogens with zero attached hydrogens (tertiary/aromatic N) is 3. The fourth-order valence-electron chi connectivity index (χ4n) is 2.04. The molecule has 4 nitrogen and oxygen atoms in total. The molecule has 0 bridgehead atoms. The third kappa shape index (κ3) is 2.43. The van der Waals surface area contributed by atoms with E-state index in [0.29, 0.717) is 5.92 Å². The van der Waals surface area contributed by atoms with Crippen LogP contribution in [0.3, 0.4) is 0 Å². The number of hydrogen-bond acceptors (Lipinski definition) is 3. The minimum atomic E-state index is 0.698. The summed E-state index contributed by atoms with van der Waals surface area (Å²) >= 11 is 0. The molecule has 0 amide bonds. The maximum atomic E-state index is 4.62. The van der Waals surface area contributed by atoms with Crippen molar-refractivity contribution in [1.29, 1.82) is 0 Å². The van der Waals surface area contributed by atoms with Crippen LogP contribution in [0.4, 0.5) is 0 Å². The van der Waals surface area contributed by atoms with Crippen molar-refractivity contribution in [3.63, 3.8) is 0 Å². The molecule has 1 aliphatic rings. The van der Waals surface area contributed by atoms with Crippen molar-refractivity contribution in [2.75, 3.05) is 6.54 Å². The zero-order valence-electron chi connectivity index (χ0n) is 10.6. The van der Waals surface area contributed by atoms with Crippen molar-refractivity contribution in [2.45, 2.75) is 32.2 Å². The Balaban J connectivity index is 1.81. The van der Waals surface area contributed by atoms with Gasteiger partial charge in [0.05, 0.1) is 17.6 Å². The van der Waals surface area contributed by atoms with E-state index in [9.17, 15) is 0 Å². The molecular weight excluding hydrogens is 224 g/mol. The summed E-state index contributed by atoms with van der Waals surface area (Å²) in [5.74, 6) is 0.698. The molecule has 1 N–H and O–H groups in total. The van der Waals surface area contributed by atoms with E-state index in [2.05, 4.69) is 34.5 Å². The lowest BCUT2D eigenvalue weighted by Gasteiger charge is -2.05. The summed E-state index contributed by atoms with van der Waals surface area (Å²) in [7, 11) is 0. The maximum Gasteiger partial charge on any atom is 0.0832 e. The van der Waals surface area contributed by atoms with E-state index in [1.54, 1.807) is 0 Å². The van der Waals surface area contributed by atoms with Gasteiger partial charge in [0.2, 0.25) is 0 Å². The van der Waals surface area contributed by atoms with Crippen LogP contribution in [0.1, 0.15) is 36.9 Å². The van der Waals surface area contributed by atoms with Gasteiger partial charge in [-0.15, -0.1) is 0 Å². The van der Waals surface area contributed by atoms with Gasteiger partial charge in [0, 0.05) is 24.9 Å². The Hall–Kier alpha value is -1.68. The van der Waals surface area contributed by atoms with Gasteiger partial charge in [0.1, 0.15) is 0 Å². The molecule has 18 heavy (non-hydrogen) atoms. The van der Waals surface area contributed by atoms with Gasteiger partial charge in [-0.2, -0.15) is 5.10 Å². The molecule has 0 saturated heterocycles. The summed E-state index contributed by atoms with van der Waals surface area (Å²) in [5.41, 5.74) is 3.45. The van der Waals surface area contributed by atoms with E-state index < -0.39 is 0 Å². The van der Waals surface area contributed by atoms with Gasteiger partial charge in [-0.3, -0.25) is 4.98 Å². The topological polar surface area (TPSA) is 42.7 Å². The highest BCUT2D eigenvalue weighted by Crippen LogP contribution is 2.38. The Morgan fingerprint density at radius 1 is 1.39 bits per heavy atom. The van der Waals surface area contributed by atoms with Crippen molar-refractivity contribution in [1.82, 2.24) is 20.1 Å². The lowest BCUT2D eigenvalue weighted by Crippen LogP contribution is -2.12. The van der Waals surface area contributed by atoms with Gasteiger partial charge in [0.15, 0.2) is 0 Å². The second-order valence-electron chi connectivity index (χ2n) is 4.79. The van der Waals surface area contributed by atoms with Crippen molar-refractivity contribution in [3.05, 3.63) is 42.0 Å². The van der Waals surface area contributed by atoms with Gasteiger partial charge >= 0.3 is 0 Å². The Morgan fingerprint density at radius 3 is 3.06 bits per heavy atom. The van der Waals surface area contributed by atoms with E-state index in [1.807, 2.05) is 23.3 Å². The second kappa shape index (κ2) is 4.90. The van der Waals surface area contributed by atoms with Crippen LogP contribution in [0.15, 0.2) is 30.7 Å². The number of aromatic nitrogens is 3. The molecule has 2 heterocycles. The Kier molecular flexibility index (Phi) is 3.11. The average molecular weight is 242 g/mol. The lowest BCUT2D eigenvalue weighted by atomic mass is 10.2. The highest BCUT2D eigenvalue weighted by Gasteiger charge is 2.25. The third-order valence-electron chi connectivity index (χ3n) is 3.23. The van der Waals surface area contributed by atoms with E-state index in [1.165, 1.54) is 24.1 Å². The van der Waals surface area contributed by atoms with Gasteiger partial charge in [-0.25, -0.2) is 4.68 Å². The zero-order chi connectivity index (χ0) is 12.4. The predicted molar refractivity (Wildman–Crippen MR) is 70.7 cm³/mol. The highest BCUT2D eigenvalue weighted by atomic mass is 15.3. The Bertz CT molecular complexity index is 528. The first-order chi connectivity index (χ1) is 8.86. The smallest absolute Gasteiger partial charge is 0.0832 e. The van der Waals surface area contributed by atoms with Crippen LogP contribution in [-0.4, -0.2) is 21.3 Å². The Labute approximate surface area is 107 Å². The minimum absolute atomic E-state index is 0.698. The molecule has 4 heteroatoms. The van der Waals surface area contributed by atoms with Crippen molar-refractivity contribution in [2.24, 2.45) is 0 Å². The number of rotatable bonds is 5. The third-order valence-corrected chi connectivity index (χ3v) is 3.23. The number of pyridine rings is 1. The summed E-state index contributed by atoms with van der Waals surface area (Å²) in [6, 6.07) is 4.26. The molecule has 0 aliphatic heterocycles. The molecule has 3 rings (SSSR count). The first-order valence-electron chi connectivity index (χ1n) is 6.57. The second-order valence-corrected chi connectivity index (χ2v) is 4.79.